The van der Waals surface area contributed by atoms with Gasteiger partial charge in [0.25, 0.3) is 0 Å². The van der Waals surface area contributed by atoms with Gasteiger partial charge in [-0.3, -0.25) is 0 Å². The number of methoxy groups -OCH3 is 1. The van der Waals surface area contributed by atoms with E-state index < -0.39 is 16.5 Å². The molecular weight excluding hydrogens is 445 g/mol. The first-order valence-corrected chi connectivity index (χ1v) is 10.8. The Morgan fingerprint density at radius 2 is 2.00 bits per heavy atom. The summed E-state index contributed by atoms with van der Waals surface area (Å²) in [5, 5.41) is 0. The van der Waals surface area contributed by atoms with E-state index in [1.807, 2.05) is 35.2 Å². The van der Waals surface area contributed by atoms with Crippen molar-refractivity contribution in [1.29, 1.82) is 0 Å². The molecule has 2 aliphatic heterocycles. The van der Waals surface area contributed by atoms with Crippen LogP contribution in [0, 0.1) is 0 Å². The minimum atomic E-state index is -4.35. The number of alkyl halides is 3. The molecule has 0 N–H and O–H groups in total. The molecule has 2 aromatic heterocycles. The standard InChI is InChI=1S/C22H17F3N2O2S2/c1-28-18-9-7-16-19(26-18)21(12-29-16)15-5-3-2-4-13(15)10-27(20(21)30)11-14-6-8-17(31-14)22(23,24)25/h2-9H,10-12H2,1H3. The van der Waals surface area contributed by atoms with Gasteiger partial charge in [-0.05, 0) is 29.3 Å². The van der Waals surface area contributed by atoms with Gasteiger partial charge in [0.2, 0.25) is 5.88 Å². The monoisotopic (exact) mass is 462 g/mol. The highest BCUT2D eigenvalue weighted by Crippen LogP contribution is 2.49. The summed E-state index contributed by atoms with van der Waals surface area (Å²) in [5.41, 5.74) is 1.94. The van der Waals surface area contributed by atoms with Crippen LogP contribution in [0.2, 0.25) is 0 Å². The summed E-state index contributed by atoms with van der Waals surface area (Å²) < 4.78 is 50.5. The lowest BCUT2D eigenvalue weighted by Gasteiger charge is -2.42. The molecule has 0 bridgehead atoms. The molecule has 0 amide bonds. The second-order valence-corrected chi connectivity index (χ2v) is 9.03. The van der Waals surface area contributed by atoms with E-state index in [1.54, 1.807) is 13.2 Å². The van der Waals surface area contributed by atoms with Crippen LogP contribution in [0.1, 0.15) is 26.6 Å². The van der Waals surface area contributed by atoms with E-state index in [1.165, 1.54) is 6.07 Å². The Bertz CT molecular complexity index is 1180. The molecule has 160 valence electrons. The summed E-state index contributed by atoms with van der Waals surface area (Å²) in [4.78, 5) is 7.20. The van der Waals surface area contributed by atoms with Gasteiger partial charge in [-0.25, -0.2) is 4.98 Å². The molecule has 4 nitrogen and oxygen atoms in total. The number of halogens is 3. The number of fused-ring (bicyclic) bond motifs is 4. The first kappa shape index (κ1) is 20.3. The summed E-state index contributed by atoms with van der Waals surface area (Å²) in [6.45, 7) is 1.08. The molecule has 0 saturated carbocycles. The number of hydrogen-bond donors (Lipinski definition) is 0. The quantitative estimate of drug-likeness (QED) is 0.501. The van der Waals surface area contributed by atoms with Crippen LogP contribution in [0.4, 0.5) is 13.2 Å². The Kier molecular flexibility index (Phi) is 4.71. The highest BCUT2D eigenvalue weighted by atomic mass is 32.1. The van der Waals surface area contributed by atoms with E-state index in [0.29, 0.717) is 33.7 Å². The zero-order valence-corrected chi connectivity index (χ0v) is 18.0. The zero-order valence-electron chi connectivity index (χ0n) is 16.4. The lowest BCUT2D eigenvalue weighted by atomic mass is 9.73. The third-order valence-corrected chi connectivity index (χ3v) is 7.39. The first-order valence-electron chi connectivity index (χ1n) is 9.55. The SMILES string of the molecule is COc1ccc2c(n1)C1(CO2)C(=S)N(Cc2ccc(C(F)(F)F)s2)Cc2ccccc21. The molecule has 0 saturated heterocycles. The molecular formula is C22H17F3N2O2S2. The maximum Gasteiger partial charge on any atom is 0.425 e. The summed E-state index contributed by atoms with van der Waals surface area (Å²) in [6.07, 6.45) is -4.35. The molecule has 1 aromatic carbocycles. The Morgan fingerprint density at radius 3 is 2.74 bits per heavy atom. The Labute approximate surface area is 186 Å². The molecule has 4 heterocycles. The van der Waals surface area contributed by atoms with E-state index in [-0.39, 0.29) is 13.2 Å². The third-order valence-electron chi connectivity index (χ3n) is 5.67. The van der Waals surface area contributed by atoms with Crippen LogP contribution in [-0.4, -0.2) is 28.6 Å². The predicted molar refractivity (Wildman–Crippen MR) is 115 cm³/mol. The number of thiocarbonyl (C=S) groups is 1. The molecule has 2 aliphatic rings. The molecule has 31 heavy (non-hydrogen) atoms. The van der Waals surface area contributed by atoms with Crippen molar-refractivity contribution in [2.24, 2.45) is 0 Å². The normalized spacial score (nSPS) is 19.9. The van der Waals surface area contributed by atoms with Crippen LogP contribution in [0.3, 0.4) is 0 Å². The summed E-state index contributed by atoms with van der Waals surface area (Å²) in [6, 6.07) is 14.1. The molecule has 9 heteroatoms. The number of thiophene rings is 1. The van der Waals surface area contributed by atoms with Gasteiger partial charge >= 0.3 is 6.18 Å². The first-order chi connectivity index (χ1) is 14.8. The summed E-state index contributed by atoms with van der Waals surface area (Å²) >= 11 is 6.70. The van der Waals surface area contributed by atoms with Crippen LogP contribution >= 0.6 is 23.6 Å². The fourth-order valence-corrected chi connectivity index (χ4v) is 5.54. The summed E-state index contributed by atoms with van der Waals surface area (Å²) in [7, 11) is 1.55. The average Bonchev–Trinajstić information content (AvgIpc) is 3.37. The van der Waals surface area contributed by atoms with E-state index >= 15 is 0 Å². The molecule has 0 fully saturated rings. The zero-order chi connectivity index (χ0) is 21.8. The lowest BCUT2D eigenvalue weighted by Crippen LogP contribution is -2.51. The van der Waals surface area contributed by atoms with Gasteiger partial charge in [-0.15, -0.1) is 11.3 Å². The lowest BCUT2D eigenvalue weighted by molar-refractivity contribution is -0.134. The molecule has 1 unspecified atom stereocenters. The summed E-state index contributed by atoms with van der Waals surface area (Å²) in [5.74, 6) is 1.09. The fraction of sp³-hybridized carbons (Fsp3) is 0.273. The number of hydrogen-bond acceptors (Lipinski definition) is 5. The van der Waals surface area contributed by atoms with Crippen molar-refractivity contribution >= 4 is 28.5 Å². The largest absolute Gasteiger partial charge is 0.490 e. The highest BCUT2D eigenvalue weighted by Gasteiger charge is 2.52. The second kappa shape index (κ2) is 7.20. The van der Waals surface area contributed by atoms with Crippen LogP contribution in [-0.2, 0) is 24.7 Å². The van der Waals surface area contributed by atoms with Gasteiger partial charge in [-0.2, -0.15) is 13.2 Å². The van der Waals surface area contributed by atoms with E-state index in [4.69, 9.17) is 21.7 Å². The van der Waals surface area contributed by atoms with Crippen molar-refractivity contribution in [2.45, 2.75) is 24.7 Å². The van der Waals surface area contributed by atoms with E-state index in [0.717, 1.165) is 28.5 Å². The smallest absolute Gasteiger partial charge is 0.425 e. The third kappa shape index (κ3) is 3.18. The minimum Gasteiger partial charge on any atom is -0.490 e. The van der Waals surface area contributed by atoms with Crippen molar-refractivity contribution in [1.82, 2.24) is 9.88 Å². The van der Waals surface area contributed by atoms with Crippen LogP contribution in [0.15, 0.2) is 48.5 Å². The van der Waals surface area contributed by atoms with E-state index in [9.17, 15) is 13.2 Å². The van der Waals surface area contributed by atoms with Gasteiger partial charge in [0, 0.05) is 17.5 Å². The van der Waals surface area contributed by atoms with Crippen molar-refractivity contribution in [3.63, 3.8) is 0 Å². The van der Waals surface area contributed by atoms with E-state index in [2.05, 4.69) is 4.98 Å². The number of pyridine rings is 1. The minimum absolute atomic E-state index is 0.285. The molecule has 0 aliphatic carbocycles. The van der Waals surface area contributed by atoms with Gasteiger partial charge < -0.3 is 14.4 Å². The van der Waals surface area contributed by atoms with Crippen molar-refractivity contribution in [3.8, 4) is 11.6 Å². The Morgan fingerprint density at radius 1 is 1.19 bits per heavy atom. The average molecular weight is 463 g/mol. The number of rotatable bonds is 3. The van der Waals surface area contributed by atoms with Gasteiger partial charge in [0.15, 0.2) is 0 Å². The fourth-order valence-electron chi connectivity index (χ4n) is 4.26. The van der Waals surface area contributed by atoms with Crippen molar-refractivity contribution in [3.05, 3.63) is 75.1 Å². The van der Waals surface area contributed by atoms with Crippen LogP contribution in [0.5, 0.6) is 11.6 Å². The number of aromatic nitrogens is 1. The number of benzene rings is 1. The molecule has 5 rings (SSSR count). The second-order valence-electron chi connectivity index (χ2n) is 7.48. The predicted octanol–water partition coefficient (Wildman–Crippen LogP) is 5.19. The highest BCUT2D eigenvalue weighted by molar-refractivity contribution is 7.80. The molecule has 1 atom stereocenters. The molecule has 0 radical (unpaired) electrons. The van der Waals surface area contributed by atoms with Crippen molar-refractivity contribution < 1.29 is 22.6 Å². The van der Waals surface area contributed by atoms with Crippen LogP contribution < -0.4 is 9.47 Å². The van der Waals surface area contributed by atoms with Gasteiger partial charge in [0.1, 0.15) is 28.3 Å². The van der Waals surface area contributed by atoms with Crippen LogP contribution in [0.25, 0.3) is 0 Å². The Balaban J connectivity index is 1.59. The topological polar surface area (TPSA) is 34.6 Å². The Hall–Kier alpha value is -2.65. The molecule has 1 spiro atoms. The number of nitrogens with zero attached hydrogens (tertiary/aromatic N) is 2. The van der Waals surface area contributed by atoms with Gasteiger partial charge in [-0.1, -0.05) is 36.5 Å². The maximum atomic E-state index is 13.1. The maximum absolute atomic E-state index is 13.1. The molecule has 3 aromatic rings. The number of ether oxygens (including phenoxy) is 2. The van der Waals surface area contributed by atoms with Gasteiger partial charge in [0.05, 0.1) is 18.6 Å². The van der Waals surface area contributed by atoms with Crippen molar-refractivity contribution in [2.75, 3.05) is 13.7 Å².